The van der Waals surface area contributed by atoms with Crippen LogP contribution in [0, 0.1) is 11.3 Å². The molecule has 4 aliphatic rings. The van der Waals surface area contributed by atoms with Gasteiger partial charge in [0.15, 0.2) is 0 Å². The van der Waals surface area contributed by atoms with Crippen LogP contribution >= 0.6 is 0 Å². The molecular formula is C16H23N3O. The van der Waals surface area contributed by atoms with Crippen LogP contribution in [0.1, 0.15) is 5.56 Å². The van der Waals surface area contributed by atoms with E-state index in [1.165, 1.54) is 31.7 Å². The Morgan fingerprint density at radius 2 is 1.70 bits per heavy atom. The highest BCUT2D eigenvalue weighted by atomic mass is 16.3. The summed E-state index contributed by atoms with van der Waals surface area (Å²) < 4.78 is 0. The minimum atomic E-state index is 0.189. The van der Waals surface area contributed by atoms with Gasteiger partial charge in [-0.2, -0.15) is 0 Å². The lowest BCUT2D eigenvalue weighted by atomic mass is 9.65. The molecule has 0 radical (unpaired) electrons. The number of phenols is 1. The van der Waals surface area contributed by atoms with E-state index < -0.39 is 0 Å². The SMILES string of the molecule is NC1C2CN3CCN(C2)CC1(Cc1ccc(O)cc1)C3. The fourth-order valence-electron chi connectivity index (χ4n) is 4.60. The van der Waals surface area contributed by atoms with Gasteiger partial charge >= 0.3 is 0 Å². The molecule has 0 spiro atoms. The van der Waals surface area contributed by atoms with Gasteiger partial charge in [-0.25, -0.2) is 0 Å². The highest BCUT2D eigenvalue weighted by molar-refractivity contribution is 5.28. The van der Waals surface area contributed by atoms with Crippen molar-refractivity contribution in [3.05, 3.63) is 29.8 Å². The Labute approximate surface area is 120 Å². The summed E-state index contributed by atoms with van der Waals surface area (Å²) in [6.45, 7) is 7.00. The molecule has 0 amide bonds. The maximum absolute atomic E-state index is 9.44. The summed E-state index contributed by atoms with van der Waals surface area (Å²) in [5.74, 6) is 0.963. The third-order valence-electron chi connectivity index (χ3n) is 5.50. The quantitative estimate of drug-likeness (QED) is 0.824. The van der Waals surface area contributed by atoms with E-state index in [4.69, 9.17) is 5.73 Å². The summed E-state index contributed by atoms with van der Waals surface area (Å²) in [4.78, 5) is 5.23. The molecule has 4 fully saturated rings. The van der Waals surface area contributed by atoms with E-state index in [0.717, 1.165) is 19.5 Å². The Morgan fingerprint density at radius 3 is 2.30 bits per heavy atom. The van der Waals surface area contributed by atoms with Crippen molar-refractivity contribution in [1.82, 2.24) is 9.80 Å². The maximum Gasteiger partial charge on any atom is 0.115 e. The first kappa shape index (κ1) is 12.6. The largest absolute Gasteiger partial charge is 0.508 e. The molecule has 3 N–H and O–H groups in total. The van der Waals surface area contributed by atoms with Crippen molar-refractivity contribution in [1.29, 1.82) is 0 Å². The second kappa shape index (κ2) is 4.45. The molecule has 4 bridgehead atoms. The molecule has 3 unspecified atom stereocenters. The molecule has 4 heteroatoms. The monoisotopic (exact) mass is 273 g/mol. The second-order valence-electron chi connectivity index (χ2n) is 6.96. The average molecular weight is 273 g/mol. The summed E-state index contributed by atoms with van der Waals surface area (Å²) in [5, 5.41) is 9.44. The van der Waals surface area contributed by atoms with E-state index in [2.05, 4.69) is 9.80 Å². The highest BCUT2D eigenvalue weighted by Crippen LogP contribution is 2.42. The zero-order valence-electron chi connectivity index (χ0n) is 11.8. The van der Waals surface area contributed by atoms with Gasteiger partial charge in [0, 0.05) is 56.6 Å². The van der Waals surface area contributed by atoms with Crippen LogP contribution in [0.3, 0.4) is 0 Å². The third-order valence-corrected chi connectivity index (χ3v) is 5.50. The number of nitrogens with zero attached hydrogens (tertiary/aromatic N) is 2. The summed E-state index contributed by atoms with van der Waals surface area (Å²) in [6.07, 6.45) is 1.03. The van der Waals surface area contributed by atoms with Crippen LogP contribution in [0.25, 0.3) is 0 Å². The number of fused-ring (bicyclic) bond motifs is 1. The molecule has 4 nitrogen and oxygen atoms in total. The Hall–Kier alpha value is -1.10. The molecule has 4 saturated heterocycles. The molecule has 1 aromatic rings. The zero-order chi connectivity index (χ0) is 13.7. The van der Waals surface area contributed by atoms with E-state index in [1.807, 2.05) is 12.1 Å². The van der Waals surface area contributed by atoms with Gasteiger partial charge in [0.25, 0.3) is 0 Å². The lowest BCUT2D eigenvalue weighted by Crippen LogP contribution is -2.67. The van der Waals surface area contributed by atoms with E-state index in [1.54, 1.807) is 12.1 Å². The van der Waals surface area contributed by atoms with Gasteiger partial charge in [0.1, 0.15) is 5.75 Å². The number of hydrogen-bond acceptors (Lipinski definition) is 4. The topological polar surface area (TPSA) is 52.7 Å². The van der Waals surface area contributed by atoms with Crippen LogP contribution in [0.5, 0.6) is 5.75 Å². The van der Waals surface area contributed by atoms with Crippen LogP contribution in [0.2, 0.25) is 0 Å². The first-order valence-corrected chi connectivity index (χ1v) is 7.63. The molecule has 4 aliphatic heterocycles. The van der Waals surface area contributed by atoms with Gasteiger partial charge in [0.05, 0.1) is 0 Å². The van der Waals surface area contributed by atoms with Gasteiger partial charge in [-0.05, 0) is 24.1 Å². The molecular weight excluding hydrogens is 250 g/mol. The third kappa shape index (κ3) is 1.94. The van der Waals surface area contributed by atoms with Crippen LogP contribution in [-0.2, 0) is 6.42 Å². The Balaban J connectivity index is 1.65. The number of hydrogen-bond donors (Lipinski definition) is 2. The van der Waals surface area contributed by atoms with Gasteiger partial charge in [0.2, 0.25) is 0 Å². The van der Waals surface area contributed by atoms with E-state index in [9.17, 15) is 5.11 Å². The Kier molecular flexibility index (Phi) is 2.81. The summed E-state index contributed by atoms with van der Waals surface area (Å²) in [5.41, 5.74) is 8.13. The second-order valence-corrected chi connectivity index (χ2v) is 6.96. The normalized spacial score (nSPS) is 42.6. The standard InChI is InChI=1S/C16H23N3O/c17-15-13-8-18-5-6-19(9-13)11-16(15,10-18)7-12-1-3-14(20)4-2-12/h1-4,13,15,20H,5-11,17H2. The summed E-state index contributed by atoms with van der Waals surface area (Å²) in [6, 6.07) is 7.97. The van der Waals surface area contributed by atoms with Crippen LogP contribution in [0.15, 0.2) is 24.3 Å². The van der Waals surface area contributed by atoms with Gasteiger partial charge in [-0.3, -0.25) is 0 Å². The van der Waals surface area contributed by atoms with Crippen molar-refractivity contribution in [2.24, 2.45) is 17.1 Å². The number of benzene rings is 1. The maximum atomic E-state index is 9.44. The smallest absolute Gasteiger partial charge is 0.115 e. The number of nitrogens with two attached hydrogens (primary N) is 1. The first-order chi connectivity index (χ1) is 9.64. The minimum Gasteiger partial charge on any atom is -0.508 e. The van der Waals surface area contributed by atoms with Gasteiger partial charge in [-0.1, -0.05) is 12.1 Å². The summed E-state index contributed by atoms with van der Waals surface area (Å²) in [7, 11) is 0. The van der Waals surface area contributed by atoms with E-state index in [-0.39, 0.29) is 5.41 Å². The fourth-order valence-corrected chi connectivity index (χ4v) is 4.60. The molecule has 0 saturated carbocycles. The van der Waals surface area contributed by atoms with E-state index in [0.29, 0.717) is 17.7 Å². The zero-order valence-corrected chi connectivity index (χ0v) is 11.8. The summed E-state index contributed by atoms with van der Waals surface area (Å²) >= 11 is 0. The predicted molar refractivity (Wildman–Crippen MR) is 78.6 cm³/mol. The highest BCUT2D eigenvalue weighted by Gasteiger charge is 2.52. The molecule has 4 heterocycles. The molecule has 108 valence electrons. The lowest BCUT2D eigenvalue weighted by molar-refractivity contribution is -0.0162. The van der Waals surface area contributed by atoms with Crippen molar-refractivity contribution in [3.8, 4) is 5.75 Å². The molecule has 20 heavy (non-hydrogen) atoms. The van der Waals surface area contributed by atoms with Gasteiger partial charge < -0.3 is 20.6 Å². The van der Waals surface area contributed by atoms with Crippen molar-refractivity contribution in [2.75, 3.05) is 39.3 Å². The molecule has 3 atom stereocenters. The molecule has 1 aromatic carbocycles. The van der Waals surface area contributed by atoms with Crippen molar-refractivity contribution >= 4 is 0 Å². The predicted octanol–water partition coefficient (Wildman–Crippen LogP) is 0.509. The van der Waals surface area contributed by atoms with Crippen LogP contribution < -0.4 is 5.73 Å². The van der Waals surface area contributed by atoms with Crippen LogP contribution in [-0.4, -0.2) is 60.2 Å². The van der Waals surface area contributed by atoms with Crippen LogP contribution in [0.4, 0.5) is 0 Å². The fraction of sp³-hybridized carbons (Fsp3) is 0.625. The van der Waals surface area contributed by atoms with Crippen molar-refractivity contribution in [2.45, 2.75) is 12.5 Å². The number of rotatable bonds is 2. The lowest BCUT2D eigenvalue weighted by Gasteiger charge is -2.54. The Bertz CT molecular complexity index is 485. The number of aromatic hydroxyl groups is 1. The van der Waals surface area contributed by atoms with Gasteiger partial charge in [-0.15, -0.1) is 0 Å². The Morgan fingerprint density at radius 1 is 1.10 bits per heavy atom. The average Bonchev–Trinajstić information content (AvgIpc) is 2.67. The molecule has 5 rings (SSSR count). The minimum absolute atomic E-state index is 0.189. The van der Waals surface area contributed by atoms with E-state index >= 15 is 0 Å². The first-order valence-electron chi connectivity index (χ1n) is 7.63. The molecule has 0 aromatic heterocycles. The van der Waals surface area contributed by atoms with Crippen molar-refractivity contribution in [3.63, 3.8) is 0 Å². The number of piperidine rings is 2. The van der Waals surface area contributed by atoms with Crippen molar-refractivity contribution < 1.29 is 5.11 Å². The number of phenolic OH excluding ortho intramolecular Hbond substituents is 1. The molecule has 0 aliphatic carbocycles.